The third-order valence-corrected chi connectivity index (χ3v) is 1.24. The second-order valence-corrected chi connectivity index (χ2v) is 1.90. The molecule has 0 aromatic heterocycles. The minimum atomic E-state index is -0.530. The van der Waals surface area contributed by atoms with E-state index in [0.717, 1.165) is 0 Å². The molecular formula is C4H9N3O2. The van der Waals surface area contributed by atoms with Crippen LogP contribution in [0.25, 0.3) is 0 Å². The fourth-order valence-corrected chi connectivity index (χ4v) is 0.728. The molecular weight excluding hydrogens is 122 g/mol. The van der Waals surface area contributed by atoms with Crippen molar-refractivity contribution in [2.45, 2.75) is 12.1 Å². The number of nitrogens with two attached hydrogens (primary N) is 1. The second kappa shape index (κ2) is 2.75. The molecule has 52 valence electrons. The van der Waals surface area contributed by atoms with E-state index in [1.54, 1.807) is 0 Å². The number of rotatable bonds is 1. The van der Waals surface area contributed by atoms with Crippen LogP contribution in [0.1, 0.15) is 0 Å². The molecule has 0 unspecified atom stereocenters. The van der Waals surface area contributed by atoms with Crippen LogP contribution in [-0.2, 0) is 4.74 Å². The quantitative estimate of drug-likeness (QED) is 0.274. The topological polar surface area (TPSA) is 80.2 Å². The van der Waals surface area contributed by atoms with Gasteiger partial charge in [-0.25, -0.2) is 0 Å². The normalized spacial score (nSPS) is 36.1. The van der Waals surface area contributed by atoms with Crippen molar-refractivity contribution < 1.29 is 9.84 Å². The van der Waals surface area contributed by atoms with Gasteiger partial charge in [-0.3, -0.25) is 0 Å². The first kappa shape index (κ1) is 6.44. The summed E-state index contributed by atoms with van der Waals surface area (Å²) in [7, 11) is 0. The number of hydrogen-bond acceptors (Lipinski definition) is 4. The summed E-state index contributed by atoms with van der Waals surface area (Å²) in [6, 6.07) is -0.255. The summed E-state index contributed by atoms with van der Waals surface area (Å²) in [6.45, 7) is 0.756. The molecule has 0 aliphatic carbocycles. The fourth-order valence-electron chi connectivity index (χ4n) is 0.728. The molecule has 9 heavy (non-hydrogen) atoms. The maximum atomic E-state index is 8.99. The minimum absolute atomic E-state index is 0.255. The number of nitrogens with zero attached hydrogens (tertiary/aromatic N) is 2. The Labute approximate surface area is 52.5 Å². The van der Waals surface area contributed by atoms with Gasteiger partial charge < -0.3 is 15.7 Å². The van der Waals surface area contributed by atoms with Crippen molar-refractivity contribution in [1.29, 1.82) is 0 Å². The second-order valence-electron chi connectivity index (χ2n) is 1.90. The van der Waals surface area contributed by atoms with E-state index < -0.39 is 6.10 Å². The maximum Gasteiger partial charge on any atom is 0.124 e. The lowest BCUT2D eigenvalue weighted by molar-refractivity contribution is 0.124. The Bertz CT molecular complexity index is 116. The highest BCUT2D eigenvalue weighted by molar-refractivity contribution is 4.78. The van der Waals surface area contributed by atoms with Crippen molar-refractivity contribution in [3.05, 3.63) is 0 Å². The van der Waals surface area contributed by atoms with Gasteiger partial charge in [0.25, 0.3) is 0 Å². The van der Waals surface area contributed by atoms with Gasteiger partial charge in [-0.2, -0.15) is 5.11 Å². The Morgan fingerprint density at radius 1 is 1.56 bits per heavy atom. The highest BCUT2D eigenvalue weighted by Crippen LogP contribution is 2.08. The molecule has 1 aliphatic rings. The Hall–Kier alpha value is -0.680. The number of aliphatic hydroxyl groups is 1. The van der Waals surface area contributed by atoms with Gasteiger partial charge in [0.15, 0.2) is 0 Å². The van der Waals surface area contributed by atoms with Gasteiger partial charge in [0.05, 0.1) is 13.2 Å². The van der Waals surface area contributed by atoms with E-state index in [1.165, 1.54) is 0 Å². The molecule has 1 heterocycles. The van der Waals surface area contributed by atoms with Crippen LogP contribution in [0, 0.1) is 0 Å². The highest BCUT2D eigenvalue weighted by atomic mass is 16.5. The molecule has 0 amide bonds. The number of hydrogen-bond donors (Lipinski definition) is 2. The molecule has 1 aliphatic heterocycles. The van der Waals surface area contributed by atoms with Crippen molar-refractivity contribution in [3.8, 4) is 0 Å². The van der Waals surface area contributed by atoms with Crippen molar-refractivity contribution in [2.75, 3.05) is 13.2 Å². The summed E-state index contributed by atoms with van der Waals surface area (Å²) in [5, 5.41) is 15.6. The largest absolute Gasteiger partial charge is 0.388 e. The summed E-state index contributed by atoms with van der Waals surface area (Å²) in [4.78, 5) is 0. The maximum absolute atomic E-state index is 8.99. The van der Waals surface area contributed by atoms with Gasteiger partial charge >= 0.3 is 0 Å². The first-order valence-electron chi connectivity index (χ1n) is 2.70. The van der Waals surface area contributed by atoms with Crippen LogP contribution in [0.4, 0.5) is 0 Å². The van der Waals surface area contributed by atoms with Crippen molar-refractivity contribution in [1.82, 2.24) is 0 Å². The lowest BCUT2D eigenvalue weighted by Crippen LogP contribution is -2.21. The van der Waals surface area contributed by atoms with Gasteiger partial charge in [-0.15, -0.1) is 0 Å². The van der Waals surface area contributed by atoms with Crippen LogP contribution >= 0.6 is 0 Å². The highest BCUT2D eigenvalue weighted by Gasteiger charge is 2.25. The first-order chi connectivity index (χ1) is 4.34. The molecule has 1 rings (SSSR count). The molecule has 3 N–H and O–H groups in total. The van der Waals surface area contributed by atoms with Crippen LogP contribution in [-0.4, -0.2) is 30.5 Å². The standard InChI is InChI=1S/C4H9N3O2/c5-7-6-3-1-9-2-4(3)8/h3-4,8H,1-2H2,(H2,5,6)/t3-,4-/m0/s1. The predicted molar refractivity (Wildman–Crippen MR) is 29.7 cm³/mol. The van der Waals surface area contributed by atoms with Crippen LogP contribution in [0.2, 0.25) is 0 Å². The Balaban J connectivity index is 2.39. The summed E-state index contributed by atoms with van der Waals surface area (Å²) >= 11 is 0. The summed E-state index contributed by atoms with van der Waals surface area (Å²) in [5.74, 6) is 4.76. The lowest BCUT2D eigenvalue weighted by Gasteiger charge is -2.01. The van der Waals surface area contributed by atoms with Gasteiger partial charge in [0.1, 0.15) is 12.1 Å². The van der Waals surface area contributed by atoms with Crippen molar-refractivity contribution >= 4 is 0 Å². The Morgan fingerprint density at radius 3 is 2.78 bits per heavy atom. The van der Waals surface area contributed by atoms with E-state index in [2.05, 4.69) is 10.3 Å². The molecule has 0 radical (unpaired) electrons. The van der Waals surface area contributed by atoms with Crippen LogP contribution < -0.4 is 5.84 Å². The average Bonchev–Trinajstić information content (AvgIpc) is 2.18. The molecule has 0 bridgehead atoms. The first-order valence-corrected chi connectivity index (χ1v) is 2.70. The molecule has 1 saturated heterocycles. The zero-order chi connectivity index (χ0) is 6.69. The van der Waals surface area contributed by atoms with Gasteiger partial charge in [0, 0.05) is 0 Å². The van der Waals surface area contributed by atoms with E-state index in [4.69, 9.17) is 15.7 Å². The predicted octanol–water partition coefficient (Wildman–Crippen LogP) is -0.928. The lowest BCUT2D eigenvalue weighted by atomic mass is 10.2. The Morgan fingerprint density at radius 2 is 2.33 bits per heavy atom. The van der Waals surface area contributed by atoms with Crippen molar-refractivity contribution in [2.24, 2.45) is 16.2 Å². The molecule has 2 atom stereocenters. The monoisotopic (exact) mass is 131 g/mol. The van der Waals surface area contributed by atoms with E-state index in [-0.39, 0.29) is 6.04 Å². The van der Waals surface area contributed by atoms with E-state index >= 15 is 0 Å². The molecule has 5 heteroatoms. The molecule has 5 nitrogen and oxygen atoms in total. The third kappa shape index (κ3) is 1.36. The van der Waals surface area contributed by atoms with Gasteiger partial charge in [-0.1, -0.05) is 5.22 Å². The van der Waals surface area contributed by atoms with Gasteiger partial charge in [-0.05, 0) is 0 Å². The number of aliphatic hydroxyl groups excluding tert-OH is 1. The molecule has 0 aromatic carbocycles. The summed E-state index contributed by atoms with van der Waals surface area (Å²) < 4.78 is 4.86. The molecule has 0 spiro atoms. The van der Waals surface area contributed by atoms with Crippen LogP contribution in [0.5, 0.6) is 0 Å². The molecule has 0 saturated carbocycles. The zero-order valence-electron chi connectivity index (χ0n) is 4.90. The Kier molecular flexibility index (Phi) is 1.96. The minimum Gasteiger partial charge on any atom is -0.388 e. The zero-order valence-corrected chi connectivity index (χ0v) is 4.90. The number of ether oxygens (including phenoxy) is 1. The fraction of sp³-hybridized carbons (Fsp3) is 1.00. The SMILES string of the molecule is NN=N[C@H]1COC[C@@H]1O. The van der Waals surface area contributed by atoms with Crippen molar-refractivity contribution in [3.63, 3.8) is 0 Å². The van der Waals surface area contributed by atoms with E-state index in [0.29, 0.717) is 13.2 Å². The summed E-state index contributed by atoms with van der Waals surface area (Å²) in [5.41, 5.74) is 0. The van der Waals surface area contributed by atoms with Crippen LogP contribution in [0.3, 0.4) is 0 Å². The van der Waals surface area contributed by atoms with E-state index in [1.807, 2.05) is 0 Å². The van der Waals surface area contributed by atoms with Gasteiger partial charge in [0.2, 0.25) is 0 Å². The summed E-state index contributed by atoms with van der Waals surface area (Å²) in [6.07, 6.45) is -0.530. The van der Waals surface area contributed by atoms with E-state index in [9.17, 15) is 0 Å². The average molecular weight is 131 g/mol. The third-order valence-electron chi connectivity index (χ3n) is 1.24. The molecule has 1 fully saturated rings. The molecule has 0 aromatic rings. The van der Waals surface area contributed by atoms with Crippen LogP contribution in [0.15, 0.2) is 10.3 Å². The smallest absolute Gasteiger partial charge is 0.124 e.